The average Bonchev–Trinajstić information content (AvgIpc) is 2.25. The zero-order valence-corrected chi connectivity index (χ0v) is 9.00. The lowest BCUT2D eigenvalue weighted by molar-refractivity contribution is 0.414. The molecule has 0 aromatic heterocycles. The topological polar surface area (TPSA) is 21.3 Å². The molecule has 0 aliphatic carbocycles. The van der Waals surface area contributed by atoms with Crippen molar-refractivity contribution >= 4 is 6.08 Å². The Hall–Kier alpha value is -1.44. The summed E-state index contributed by atoms with van der Waals surface area (Å²) in [4.78, 5) is 0. The monoisotopic (exact) mass is 191 g/mol. The zero-order chi connectivity index (χ0) is 10.4. The zero-order valence-electron chi connectivity index (χ0n) is 9.00. The fourth-order valence-corrected chi connectivity index (χ4v) is 1.35. The predicted octanol–water partition coefficient (Wildman–Crippen LogP) is 2.45. The Labute approximate surface area is 85.6 Å². The van der Waals surface area contributed by atoms with Crippen molar-refractivity contribution in [1.82, 2.24) is 5.32 Å². The Morgan fingerprint density at radius 2 is 2.21 bits per heavy atom. The van der Waals surface area contributed by atoms with Crippen LogP contribution in [0.15, 0.2) is 24.4 Å². The summed E-state index contributed by atoms with van der Waals surface area (Å²) in [6.45, 7) is 2.15. The maximum absolute atomic E-state index is 5.18. The molecule has 1 aromatic carbocycles. The van der Waals surface area contributed by atoms with Gasteiger partial charge in [0.2, 0.25) is 0 Å². The van der Waals surface area contributed by atoms with E-state index in [1.807, 2.05) is 25.4 Å². The van der Waals surface area contributed by atoms with E-state index < -0.39 is 0 Å². The largest absolute Gasteiger partial charge is 0.497 e. The summed E-state index contributed by atoms with van der Waals surface area (Å²) >= 11 is 0. The van der Waals surface area contributed by atoms with Gasteiger partial charge in [-0.05, 0) is 42.0 Å². The molecule has 0 unspecified atom stereocenters. The molecule has 76 valence electrons. The number of benzene rings is 1. The van der Waals surface area contributed by atoms with Crippen LogP contribution in [0.25, 0.3) is 6.08 Å². The van der Waals surface area contributed by atoms with Gasteiger partial charge in [-0.3, -0.25) is 0 Å². The van der Waals surface area contributed by atoms with Crippen LogP contribution >= 0.6 is 0 Å². The highest BCUT2D eigenvalue weighted by Crippen LogP contribution is 2.19. The molecule has 0 fully saturated rings. The molecular weight excluding hydrogens is 174 g/mol. The van der Waals surface area contributed by atoms with Crippen LogP contribution < -0.4 is 10.1 Å². The maximum Gasteiger partial charge on any atom is 0.119 e. The molecule has 0 heterocycles. The highest BCUT2D eigenvalue weighted by atomic mass is 16.5. The number of rotatable bonds is 4. The van der Waals surface area contributed by atoms with Crippen molar-refractivity contribution < 1.29 is 4.74 Å². The first-order valence-electron chi connectivity index (χ1n) is 4.82. The van der Waals surface area contributed by atoms with E-state index in [9.17, 15) is 0 Å². The van der Waals surface area contributed by atoms with Gasteiger partial charge in [0.1, 0.15) is 5.75 Å². The van der Waals surface area contributed by atoms with E-state index in [1.54, 1.807) is 7.11 Å². The molecule has 0 amide bonds. The van der Waals surface area contributed by atoms with Crippen LogP contribution in [0.4, 0.5) is 0 Å². The summed E-state index contributed by atoms with van der Waals surface area (Å²) in [7, 11) is 3.58. The summed E-state index contributed by atoms with van der Waals surface area (Å²) in [5.74, 6) is 0.901. The number of ether oxygens (including phenoxy) is 1. The first-order chi connectivity index (χ1) is 6.81. The normalized spacial score (nSPS) is 10.5. The van der Waals surface area contributed by atoms with Crippen LogP contribution in [0.2, 0.25) is 0 Å². The highest BCUT2D eigenvalue weighted by Gasteiger charge is 1.99. The Bertz CT molecular complexity index is 318. The van der Waals surface area contributed by atoms with Crippen LogP contribution in [0, 0.1) is 0 Å². The van der Waals surface area contributed by atoms with Crippen LogP contribution in [0.1, 0.15) is 18.1 Å². The molecule has 0 aliphatic heterocycles. The summed E-state index contributed by atoms with van der Waals surface area (Å²) in [6, 6.07) is 6.15. The summed E-state index contributed by atoms with van der Waals surface area (Å²) in [5.41, 5.74) is 2.54. The first kappa shape index (κ1) is 10.6. The van der Waals surface area contributed by atoms with E-state index in [0.717, 1.165) is 12.2 Å². The highest BCUT2D eigenvalue weighted by molar-refractivity contribution is 5.56. The molecule has 2 nitrogen and oxygen atoms in total. The van der Waals surface area contributed by atoms with Gasteiger partial charge in [0, 0.05) is 7.05 Å². The van der Waals surface area contributed by atoms with Gasteiger partial charge in [-0.25, -0.2) is 0 Å². The van der Waals surface area contributed by atoms with Crippen molar-refractivity contribution in [2.24, 2.45) is 0 Å². The van der Waals surface area contributed by atoms with Gasteiger partial charge in [-0.1, -0.05) is 13.0 Å². The van der Waals surface area contributed by atoms with Gasteiger partial charge >= 0.3 is 0 Å². The Morgan fingerprint density at radius 3 is 2.79 bits per heavy atom. The number of hydrogen-bond acceptors (Lipinski definition) is 2. The van der Waals surface area contributed by atoms with Crippen molar-refractivity contribution in [2.75, 3.05) is 14.2 Å². The van der Waals surface area contributed by atoms with Crippen LogP contribution in [-0.4, -0.2) is 14.2 Å². The summed E-state index contributed by atoms with van der Waals surface area (Å²) in [5, 5.41) is 2.98. The number of methoxy groups -OCH3 is 1. The molecule has 0 saturated carbocycles. The molecule has 1 rings (SSSR count). The van der Waals surface area contributed by atoms with Crippen molar-refractivity contribution in [1.29, 1.82) is 0 Å². The average molecular weight is 191 g/mol. The molecule has 0 bridgehead atoms. The van der Waals surface area contributed by atoms with Gasteiger partial charge < -0.3 is 10.1 Å². The van der Waals surface area contributed by atoms with Crippen LogP contribution in [-0.2, 0) is 6.42 Å². The third-order valence-corrected chi connectivity index (χ3v) is 2.16. The maximum atomic E-state index is 5.18. The lowest BCUT2D eigenvalue weighted by Gasteiger charge is -2.06. The second-order valence-electron chi connectivity index (χ2n) is 3.04. The quantitative estimate of drug-likeness (QED) is 0.789. The Balaban J connectivity index is 3.02. The number of nitrogens with one attached hydrogen (secondary N) is 1. The molecular formula is C12H17NO. The fraction of sp³-hybridized carbons (Fsp3) is 0.333. The van der Waals surface area contributed by atoms with Gasteiger partial charge in [-0.15, -0.1) is 0 Å². The SMILES string of the molecule is CCc1ccc(OC)cc1/C=C\NC. The van der Waals surface area contributed by atoms with Gasteiger partial charge in [0.15, 0.2) is 0 Å². The summed E-state index contributed by atoms with van der Waals surface area (Å²) < 4.78 is 5.18. The molecule has 1 aromatic rings. The second kappa shape index (κ2) is 5.32. The van der Waals surface area contributed by atoms with E-state index in [2.05, 4.69) is 24.4 Å². The second-order valence-corrected chi connectivity index (χ2v) is 3.04. The third kappa shape index (κ3) is 2.52. The number of aryl methyl sites for hydroxylation is 1. The smallest absolute Gasteiger partial charge is 0.119 e. The minimum absolute atomic E-state index is 0.901. The van der Waals surface area contributed by atoms with E-state index in [1.165, 1.54) is 11.1 Å². The Morgan fingerprint density at radius 1 is 1.43 bits per heavy atom. The van der Waals surface area contributed by atoms with Crippen molar-refractivity contribution in [3.63, 3.8) is 0 Å². The molecule has 0 saturated heterocycles. The molecule has 0 atom stereocenters. The number of hydrogen-bond donors (Lipinski definition) is 1. The third-order valence-electron chi connectivity index (χ3n) is 2.16. The fourth-order valence-electron chi connectivity index (χ4n) is 1.35. The van der Waals surface area contributed by atoms with Crippen molar-refractivity contribution in [3.8, 4) is 5.75 Å². The minimum Gasteiger partial charge on any atom is -0.497 e. The predicted molar refractivity (Wildman–Crippen MR) is 60.5 cm³/mol. The standard InChI is InChI=1S/C12H17NO/c1-4-10-5-6-12(14-3)9-11(10)7-8-13-2/h5-9,13H,4H2,1-3H3/b8-7-. The van der Waals surface area contributed by atoms with Gasteiger partial charge in [0.05, 0.1) is 7.11 Å². The van der Waals surface area contributed by atoms with E-state index in [4.69, 9.17) is 4.74 Å². The lowest BCUT2D eigenvalue weighted by Crippen LogP contribution is -1.93. The molecule has 14 heavy (non-hydrogen) atoms. The minimum atomic E-state index is 0.901. The molecule has 1 N–H and O–H groups in total. The van der Waals surface area contributed by atoms with Crippen LogP contribution in [0.3, 0.4) is 0 Å². The van der Waals surface area contributed by atoms with Crippen LogP contribution in [0.5, 0.6) is 5.75 Å². The van der Waals surface area contributed by atoms with E-state index >= 15 is 0 Å². The molecule has 2 heteroatoms. The van der Waals surface area contributed by atoms with Gasteiger partial charge in [-0.2, -0.15) is 0 Å². The summed E-state index contributed by atoms with van der Waals surface area (Å²) in [6.07, 6.45) is 5.02. The van der Waals surface area contributed by atoms with Gasteiger partial charge in [0.25, 0.3) is 0 Å². The van der Waals surface area contributed by atoms with Crippen molar-refractivity contribution in [2.45, 2.75) is 13.3 Å². The lowest BCUT2D eigenvalue weighted by atomic mass is 10.0. The van der Waals surface area contributed by atoms with Crippen molar-refractivity contribution in [3.05, 3.63) is 35.5 Å². The van der Waals surface area contributed by atoms with E-state index in [0.29, 0.717) is 0 Å². The molecule has 0 aliphatic rings. The van der Waals surface area contributed by atoms with E-state index in [-0.39, 0.29) is 0 Å². The molecule has 0 radical (unpaired) electrons. The Kier molecular flexibility index (Phi) is 4.05. The molecule has 0 spiro atoms. The first-order valence-corrected chi connectivity index (χ1v) is 4.82.